The predicted molar refractivity (Wildman–Crippen MR) is 62.1 cm³/mol. The molecule has 1 rings (SSSR count). The topological polar surface area (TPSA) is 46.5 Å². The molecule has 0 bridgehead atoms. The molecule has 92 valence electrons. The molecule has 3 nitrogen and oxygen atoms in total. The number of alkyl halides is 2. The summed E-state index contributed by atoms with van der Waals surface area (Å²) in [5, 5.41) is 8.72. The zero-order valence-corrected chi connectivity index (χ0v) is 10.4. The summed E-state index contributed by atoms with van der Waals surface area (Å²) < 4.78 is 29.2. The molecule has 0 aliphatic carbocycles. The highest BCUT2D eigenvalue weighted by atomic mass is 79.9. The van der Waals surface area contributed by atoms with E-state index in [1.807, 2.05) is 0 Å². The molecule has 0 unspecified atom stereocenters. The van der Waals surface area contributed by atoms with Gasteiger partial charge in [-0.15, -0.1) is 0 Å². The van der Waals surface area contributed by atoms with Gasteiger partial charge in [0.15, 0.2) is 0 Å². The Labute approximate surface area is 105 Å². The summed E-state index contributed by atoms with van der Waals surface area (Å²) in [4.78, 5) is 10.7. The second-order valence-corrected chi connectivity index (χ2v) is 4.11. The van der Waals surface area contributed by atoms with Crippen LogP contribution in [0, 0.1) is 0 Å². The van der Waals surface area contributed by atoms with Crippen molar-refractivity contribution in [3.8, 4) is 5.75 Å². The lowest BCUT2D eigenvalue weighted by Crippen LogP contribution is -2.03. The molecule has 0 saturated heterocycles. The van der Waals surface area contributed by atoms with E-state index in [1.54, 1.807) is 0 Å². The minimum Gasteiger partial charge on any atom is -0.478 e. The zero-order chi connectivity index (χ0) is 13.0. The maximum absolute atomic E-state index is 12.1. The Morgan fingerprint density at radius 3 is 2.71 bits per heavy atom. The second kappa shape index (κ2) is 5.77. The molecule has 0 aromatic heterocycles. The van der Waals surface area contributed by atoms with Gasteiger partial charge in [-0.05, 0) is 31.2 Å². The summed E-state index contributed by atoms with van der Waals surface area (Å²) in [5.41, 5.74) is 0.307. The summed E-state index contributed by atoms with van der Waals surface area (Å²) in [7, 11) is 0. The molecule has 6 heteroatoms. The smallest absolute Gasteiger partial charge is 0.387 e. The maximum atomic E-state index is 12.1. The number of ether oxygens (including phenoxy) is 1. The van der Waals surface area contributed by atoms with Gasteiger partial charge in [-0.1, -0.05) is 15.9 Å². The molecule has 1 N–H and O–H groups in total. The lowest BCUT2D eigenvalue weighted by atomic mass is 10.1. The Morgan fingerprint density at radius 2 is 2.18 bits per heavy atom. The largest absolute Gasteiger partial charge is 0.478 e. The Balaban J connectivity index is 3.15. The molecule has 0 atom stereocenters. The molecule has 0 fully saturated rings. The van der Waals surface area contributed by atoms with Gasteiger partial charge in [-0.2, -0.15) is 8.78 Å². The summed E-state index contributed by atoms with van der Waals surface area (Å²) in [6.45, 7) is -1.58. The molecule has 0 heterocycles. The Kier molecular flexibility index (Phi) is 4.62. The van der Waals surface area contributed by atoms with Crippen molar-refractivity contribution in [2.24, 2.45) is 0 Å². The fourth-order valence-electron chi connectivity index (χ4n) is 1.13. The van der Waals surface area contributed by atoms with Crippen LogP contribution >= 0.6 is 15.9 Å². The highest BCUT2D eigenvalue weighted by Crippen LogP contribution is 2.26. The third-order valence-electron chi connectivity index (χ3n) is 1.90. The van der Waals surface area contributed by atoms with E-state index in [-0.39, 0.29) is 16.9 Å². The van der Waals surface area contributed by atoms with Crippen molar-refractivity contribution < 1.29 is 23.4 Å². The van der Waals surface area contributed by atoms with E-state index >= 15 is 0 Å². The van der Waals surface area contributed by atoms with E-state index in [0.29, 0.717) is 4.47 Å². The van der Waals surface area contributed by atoms with Crippen LogP contribution in [-0.2, 0) is 4.79 Å². The van der Waals surface area contributed by atoms with Crippen molar-refractivity contribution in [3.05, 3.63) is 33.8 Å². The lowest BCUT2D eigenvalue weighted by molar-refractivity contribution is -0.132. The molecule has 0 radical (unpaired) electrons. The van der Waals surface area contributed by atoms with E-state index in [0.717, 1.165) is 0 Å². The van der Waals surface area contributed by atoms with Gasteiger partial charge in [0, 0.05) is 15.6 Å². The lowest BCUT2D eigenvalue weighted by Gasteiger charge is -2.08. The van der Waals surface area contributed by atoms with Crippen LogP contribution in [0.15, 0.2) is 28.2 Å². The van der Waals surface area contributed by atoms with E-state index in [9.17, 15) is 13.6 Å². The first-order chi connectivity index (χ1) is 7.90. The number of carboxylic acid groups (broad SMARTS) is 1. The second-order valence-electron chi connectivity index (χ2n) is 3.19. The molecular formula is C11H9BrF2O3. The summed E-state index contributed by atoms with van der Waals surface area (Å²) in [5.74, 6) is -1.18. The van der Waals surface area contributed by atoms with Gasteiger partial charge in [-0.25, -0.2) is 4.79 Å². The standard InChI is InChI=1S/C11H9BrF2O3/c1-6(10(15)16)4-7-5-8(12)2-3-9(7)17-11(13)14/h2-5,11H,1H3,(H,15,16)/b6-4+. The summed E-state index contributed by atoms with van der Waals surface area (Å²) in [6.07, 6.45) is 1.27. The maximum Gasteiger partial charge on any atom is 0.387 e. The first-order valence-corrected chi connectivity index (χ1v) is 5.35. The minimum atomic E-state index is -2.95. The first-order valence-electron chi connectivity index (χ1n) is 4.56. The van der Waals surface area contributed by atoms with Crippen LogP contribution in [0.3, 0.4) is 0 Å². The van der Waals surface area contributed by atoms with Crippen molar-refractivity contribution in [1.29, 1.82) is 0 Å². The minimum absolute atomic E-state index is 0.0298. The number of benzene rings is 1. The normalized spacial score (nSPS) is 11.7. The zero-order valence-electron chi connectivity index (χ0n) is 8.78. The average Bonchev–Trinajstić information content (AvgIpc) is 2.21. The number of rotatable bonds is 4. The molecule has 17 heavy (non-hydrogen) atoms. The van der Waals surface area contributed by atoms with Gasteiger partial charge in [0.2, 0.25) is 0 Å². The molecule has 0 amide bonds. The SMILES string of the molecule is C/C(=C\c1cc(Br)ccc1OC(F)F)C(=O)O. The molecule has 0 aliphatic rings. The van der Waals surface area contributed by atoms with Gasteiger partial charge in [-0.3, -0.25) is 0 Å². The average molecular weight is 307 g/mol. The van der Waals surface area contributed by atoms with Crippen molar-refractivity contribution >= 4 is 28.0 Å². The molecular weight excluding hydrogens is 298 g/mol. The fourth-order valence-corrected chi connectivity index (χ4v) is 1.51. The van der Waals surface area contributed by atoms with Crippen LogP contribution in [0.5, 0.6) is 5.75 Å². The number of hydrogen-bond acceptors (Lipinski definition) is 2. The Morgan fingerprint density at radius 1 is 1.53 bits per heavy atom. The fraction of sp³-hybridized carbons (Fsp3) is 0.182. The first kappa shape index (κ1) is 13.6. The number of carboxylic acids is 1. The summed E-state index contributed by atoms with van der Waals surface area (Å²) in [6, 6.07) is 4.38. The van der Waals surface area contributed by atoms with Crippen LogP contribution in [0.25, 0.3) is 6.08 Å². The van der Waals surface area contributed by atoms with Gasteiger partial charge < -0.3 is 9.84 Å². The van der Waals surface area contributed by atoms with E-state index < -0.39 is 12.6 Å². The molecule has 1 aromatic carbocycles. The van der Waals surface area contributed by atoms with Crippen LogP contribution in [-0.4, -0.2) is 17.7 Å². The van der Waals surface area contributed by atoms with Crippen LogP contribution in [0.1, 0.15) is 12.5 Å². The molecule has 1 aromatic rings. The van der Waals surface area contributed by atoms with Crippen LogP contribution < -0.4 is 4.74 Å². The quantitative estimate of drug-likeness (QED) is 0.866. The van der Waals surface area contributed by atoms with Crippen LogP contribution in [0.4, 0.5) is 8.78 Å². The van der Waals surface area contributed by atoms with Gasteiger partial charge in [0.05, 0.1) is 0 Å². The van der Waals surface area contributed by atoms with Gasteiger partial charge in [0.25, 0.3) is 0 Å². The van der Waals surface area contributed by atoms with Crippen molar-refractivity contribution in [2.75, 3.05) is 0 Å². The van der Waals surface area contributed by atoms with E-state index in [4.69, 9.17) is 5.11 Å². The van der Waals surface area contributed by atoms with Gasteiger partial charge >= 0.3 is 12.6 Å². The third-order valence-corrected chi connectivity index (χ3v) is 2.39. The summed E-state index contributed by atoms with van der Waals surface area (Å²) >= 11 is 3.17. The Bertz CT molecular complexity index is 458. The predicted octanol–water partition coefficient (Wildman–Crippen LogP) is 3.54. The molecule has 0 saturated carbocycles. The van der Waals surface area contributed by atoms with Crippen LogP contribution in [0.2, 0.25) is 0 Å². The molecule has 0 spiro atoms. The number of hydrogen-bond donors (Lipinski definition) is 1. The highest BCUT2D eigenvalue weighted by molar-refractivity contribution is 9.10. The Hall–Kier alpha value is -1.43. The monoisotopic (exact) mass is 306 g/mol. The van der Waals surface area contributed by atoms with E-state index in [2.05, 4.69) is 20.7 Å². The number of carbonyl (C=O) groups is 1. The number of halogens is 3. The highest BCUT2D eigenvalue weighted by Gasteiger charge is 2.10. The molecule has 0 aliphatic heterocycles. The third kappa shape index (κ3) is 4.14. The van der Waals surface area contributed by atoms with E-state index in [1.165, 1.54) is 31.2 Å². The van der Waals surface area contributed by atoms with Crippen molar-refractivity contribution in [2.45, 2.75) is 13.5 Å². The van der Waals surface area contributed by atoms with Crippen molar-refractivity contribution in [3.63, 3.8) is 0 Å². The van der Waals surface area contributed by atoms with Crippen molar-refractivity contribution in [1.82, 2.24) is 0 Å². The number of aliphatic carboxylic acids is 1. The van der Waals surface area contributed by atoms with Gasteiger partial charge in [0.1, 0.15) is 5.75 Å².